The molecule has 6 heteroatoms. The SMILES string of the molecule is CCNC(=O)C1CCN(c2ccc(NC(=O)NC(C)(C)C)cc2)CC1. The van der Waals surface area contributed by atoms with Gasteiger partial charge in [0.05, 0.1) is 0 Å². The number of amides is 3. The smallest absolute Gasteiger partial charge is 0.319 e. The zero-order valence-electron chi connectivity index (χ0n) is 15.7. The first kappa shape index (κ1) is 19.1. The highest BCUT2D eigenvalue weighted by molar-refractivity contribution is 5.89. The van der Waals surface area contributed by atoms with E-state index in [-0.39, 0.29) is 23.4 Å². The second-order valence-corrected chi connectivity index (χ2v) is 7.53. The molecule has 0 unspecified atom stereocenters. The minimum Gasteiger partial charge on any atom is -0.371 e. The van der Waals surface area contributed by atoms with Crippen molar-refractivity contribution >= 4 is 23.3 Å². The predicted molar refractivity (Wildman–Crippen MR) is 102 cm³/mol. The average Bonchev–Trinajstić information content (AvgIpc) is 2.54. The summed E-state index contributed by atoms with van der Waals surface area (Å²) in [6, 6.07) is 7.64. The van der Waals surface area contributed by atoms with Crippen LogP contribution >= 0.6 is 0 Å². The fourth-order valence-corrected chi connectivity index (χ4v) is 2.98. The number of carbonyl (C=O) groups excluding carboxylic acids is 2. The molecule has 3 N–H and O–H groups in total. The van der Waals surface area contributed by atoms with Crippen molar-refractivity contribution < 1.29 is 9.59 Å². The van der Waals surface area contributed by atoms with Crippen molar-refractivity contribution in [2.75, 3.05) is 29.9 Å². The third kappa shape index (κ3) is 5.96. The van der Waals surface area contributed by atoms with E-state index in [1.807, 2.05) is 52.0 Å². The van der Waals surface area contributed by atoms with Crippen LogP contribution in [0.5, 0.6) is 0 Å². The lowest BCUT2D eigenvalue weighted by Gasteiger charge is -2.33. The Bertz CT molecular complexity index is 584. The Morgan fingerprint density at radius 3 is 2.24 bits per heavy atom. The molecular formula is C19H30N4O2. The van der Waals surface area contributed by atoms with E-state index < -0.39 is 0 Å². The van der Waals surface area contributed by atoms with E-state index in [2.05, 4.69) is 20.9 Å². The number of nitrogens with zero attached hydrogens (tertiary/aromatic N) is 1. The van der Waals surface area contributed by atoms with E-state index in [1.165, 1.54) is 0 Å². The number of hydrogen-bond donors (Lipinski definition) is 3. The molecule has 2 rings (SSSR count). The first-order chi connectivity index (χ1) is 11.8. The molecule has 0 atom stereocenters. The second kappa shape index (κ2) is 8.23. The molecule has 1 aromatic carbocycles. The fourth-order valence-electron chi connectivity index (χ4n) is 2.98. The summed E-state index contributed by atoms with van der Waals surface area (Å²) in [5, 5.41) is 8.62. The first-order valence-corrected chi connectivity index (χ1v) is 9.00. The molecule has 1 fully saturated rings. The van der Waals surface area contributed by atoms with Gasteiger partial charge in [-0.1, -0.05) is 0 Å². The summed E-state index contributed by atoms with van der Waals surface area (Å²) in [6.45, 7) is 10.2. The molecule has 25 heavy (non-hydrogen) atoms. The van der Waals surface area contributed by atoms with E-state index in [1.54, 1.807) is 0 Å². The molecule has 1 heterocycles. The number of carbonyl (C=O) groups is 2. The maximum absolute atomic E-state index is 11.9. The Kier molecular flexibility index (Phi) is 6.28. The molecule has 0 saturated carbocycles. The van der Waals surface area contributed by atoms with E-state index in [4.69, 9.17) is 0 Å². The molecule has 0 spiro atoms. The standard InChI is InChI=1S/C19H30N4O2/c1-5-20-17(24)14-10-12-23(13-11-14)16-8-6-15(7-9-16)21-18(25)22-19(2,3)4/h6-9,14H,5,10-13H2,1-4H3,(H,20,24)(H2,21,22,25). The van der Waals surface area contributed by atoms with Crippen LogP contribution in [-0.2, 0) is 4.79 Å². The number of piperidine rings is 1. The lowest BCUT2D eigenvalue weighted by molar-refractivity contribution is -0.125. The fraction of sp³-hybridized carbons (Fsp3) is 0.579. The lowest BCUT2D eigenvalue weighted by Crippen LogP contribution is -2.43. The van der Waals surface area contributed by atoms with Crippen LogP contribution in [-0.4, -0.2) is 37.1 Å². The molecule has 6 nitrogen and oxygen atoms in total. The summed E-state index contributed by atoms with van der Waals surface area (Å²) < 4.78 is 0. The quantitative estimate of drug-likeness (QED) is 0.785. The molecule has 0 aliphatic carbocycles. The Morgan fingerprint density at radius 2 is 1.72 bits per heavy atom. The summed E-state index contributed by atoms with van der Waals surface area (Å²) in [5.74, 6) is 0.296. The normalized spacial score (nSPS) is 15.6. The van der Waals surface area contributed by atoms with Gasteiger partial charge in [-0.3, -0.25) is 4.79 Å². The predicted octanol–water partition coefficient (Wildman–Crippen LogP) is 2.96. The molecule has 0 radical (unpaired) electrons. The van der Waals surface area contributed by atoms with E-state index in [0.29, 0.717) is 6.54 Å². The van der Waals surface area contributed by atoms with E-state index in [0.717, 1.165) is 37.3 Å². The molecule has 1 saturated heterocycles. The van der Waals surface area contributed by atoms with Crippen molar-refractivity contribution in [3.63, 3.8) is 0 Å². The Labute approximate surface area is 150 Å². The third-order valence-corrected chi connectivity index (χ3v) is 4.20. The molecule has 0 bridgehead atoms. The number of hydrogen-bond acceptors (Lipinski definition) is 3. The second-order valence-electron chi connectivity index (χ2n) is 7.53. The van der Waals surface area contributed by atoms with Crippen LogP contribution in [0.25, 0.3) is 0 Å². The minimum atomic E-state index is -0.265. The molecular weight excluding hydrogens is 316 g/mol. The van der Waals surface area contributed by atoms with Gasteiger partial charge in [0.1, 0.15) is 0 Å². The average molecular weight is 346 g/mol. The van der Waals surface area contributed by atoms with Crippen LogP contribution in [0.2, 0.25) is 0 Å². The molecule has 1 aromatic rings. The molecule has 1 aliphatic rings. The van der Waals surface area contributed by atoms with Gasteiger partial charge in [0.25, 0.3) is 0 Å². The third-order valence-electron chi connectivity index (χ3n) is 4.20. The van der Waals surface area contributed by atoms with Gasteiger partial charge in [-0.15, -0.1) is 0 Å². The monoisotopic (exact) mass is 346 g/mol. The van der Waals surface area contributed by atoms with Gasteiger partial charge in [0.15, 0.2) is 0 Å². The van der Waals surface area contributed by atoms with Crippen molar-refractivity contribution in [2.45, 2.75) is 46.1 Å². The highest BCUT2D eigenvalue weighted by atomic mass is 16.2. The molecule has 1 aliphatic heterocycles. The highest BCUT2D eigenvalue weighted by Gasteiger charge is 2.24. The summed E-state index contributed by atoms with van der Waals surface area (Å²) in [4.78, 5) is 26.1. The van der Waals surface area contributed by atoms with Gasteiger partial charge in [-0.25, -0.2) is 4.79 Å². The Balaban J connectivity index is 1.86. The van der Waals surface area contributed by atoms with Crippen molar-refractivity contribution in [3.8, 4) is 0 Å². The van der Waals surface area contributed by atoms with Gasteiger partial charge in [-0.2, -0.15) is 0 Å². The zero-order chi connectivity index (χ0) is 18.4. The van der Waals surface area contributed by atoms with Gasteiger partial charge in [-0.05, 0) is 64.8 Å². The molecule has 0 aromatic heterocycles. The van der Waals surface area contributed by atoms with E-state index >= 15 is 0 Å². The van der Waals surface area contributed by atoms with Crippen LogP contribution in [0.1, 0.15) is 40.5 Å². The Morgan fingerprint density at radius 1 is 1.12 bits per heavy atom. The van der Waals surface area contributed by atoms with Crippen LogP contribution in [0.15, 0.2) is 24.3 Å². The molecule has 138 valence electrons. The van der Waals surface area contributed by atoms with Gasteiger partial charge >= 0.3 is 6.03 Å². The number of rotatable bonds is 4. The zero-order valence-corrected chi connectivity index (χ0v) is 15.7. The number of anilines is 2. The topological polar surface area (TPSA) is 73.5 Å². The Hall–Kier alpha value is -2.24. The lowest BCUT2D eigenvalue weighted by atomic mass is 9.95. The number of nitrogens with one attached hydrogen (secondary N) is 3. The highest BCUT2D eigenvalue weighted by Crippen LogP contribution is 2.24. The van der Waals surface area contributed by atoms with Crippen LogP contribution in [0.4, 0.5) is 16.2 Å². The van der Waals surface area contributed by atoms with Crippen molar-refractivity contribution in [2.24, 2.45) is 5.92 Å². The minimum absolute atomic E-state index is 0.123. The van der Waals surface area contributed by atoms with Crippen LogP contribution < -0.4 is 20.9 Å². The first-order valence-electron chi connectivity index (χ1n) is 9.00. The van der Waals surface area contributed by atoms with Crippen molar-refractivity contribution in [1.29, 1.82) is 0 Å². The summed E-state index contributed by atoms with van der Waals surface area (Å²) in [6.07, 6.45) is 1.75. The molecule has 3 amide bonds. The number of benzene rings is 1. The van der Waals surface area contributed by atoms with Crippen LogP contribution in [0, 0.1) is 5.92 Å². The number of urea groups is 1. The van der Waals surface area contributed by atoms with E-state index in [9.17, 15) is 9.59 Å². The summed E-state index contributed by atoms with van der Waals surface area (Å²) in [5.41, 5.74) is 1.62. The van der Waals surface area contributed by atoms with Crippen LogP contribution in [0.3, 0.4) is 0 Å². The van der Waals surface area contributed by atoms with Gasteiger partial charge in [0.2, 0.25) is 5.91 Å². The van der Waals surface area contributed by atoms with Crippen molar-refractivity contribution in [3.05, 3.63) is 24.3 Å². The summed E-state index contributed by atoms with van der Waals surface area (Å²) >= 11 is 0. The maximum Gasteiger partial charge on any atom is 0.319 e. The maximum atomic E-state index is 11.9. The van der Waals surface area contributed by atoms with Gasteiger partial charge in [0, 0.05) is 42.5 Å². The van der Waals surface area contributed by atoms with Gasteiger partial charge < -0.3 is 20.9 Å². The largest absolute Gasteiger partial charge is 0.371 e. The summed E-state index contributed by atoms with van der Waals surface area (Å²) in [7, 11) is 0. The van der Waals surface area contributed by atoms with Crippen molar-refractivity contribution in [1.82, 2.24) is 10.6 Å².